The molecule has 0 saturated carbocycles. The second-order valence-corrected chi connectivity index (χ2v) is 10.0. The van der Waals surface area contributed by atoms with Gasteiger partial charge in [0.1, 0.15) is 30.2 Å². The molecule has 1 aromatic carbocycles. The average molecular weight is 534 g/mol. The molecule has 6 atom stereocenters. The lowest BCUT2D eigenvalue weighted by molar-refractivity contribution is -0.144. The fourth-order valence-corrected chi connectivity index (χ4v) is 4.24. The number of benzene rings is 1. The predicted octanol–water partition coefficient (Wildman–Crippen LogP) is -0.857. The van der Waals surface area contributed by atoms with Crippen LogP contribution >= 0.6 is 0 Å². The van der Waals surface area contributed by atoms with E-state index < -0.39 is 65.9 Å². The molecule has 0 spiro atoms. The van der Waals surface area contributed by atoms with Gasteiger partial charge in [-0.25, -0.2) is 4.79 Å². The molecule has 1 heterocycles. The Balaban J connectivity index is 2.04. The van der Waals surface area contributed by atoms with Crippen molar-refractivity contribution in [3.63, 3.8) is 0 Å². The van der Waals surface area contributed by atoms with E-state index in [1.54, 1.807) is 38.1 Å². The number of carboxylic acid groups (broad SMARTS) is 1. The highest BCUT2D eigenvalue weighted by Gasteiger charge is 2.38. The van der Waals surface area contributed by atoms with Crippen LogP contribution in [0.4, 0.5) is 0 Å². The van der Waals surface area contributed by atoms with Crippen LogP contribution in [0.15, 0.2) is 30.3 Å². The standard InChI is InChI=1S/C26H39N5O7/c1-14(2)21(30-23(34)20(27)16(4)32)24(35)28-15(3)25(36)31-12-8-11-19(31)22(33)29-18(26(37)38)13-17-9-6-5-7-10-17/h5-7,9-10,14-16,18-21,32H,8,11-13,27H2,1-4H3,(H,28,35)(H,29,33)(H,30,34)(H,37,38)/t15-,16+,18-,19-,20-,21-/m0/s1. The number of aliphatic carboxylic acids is 1. The van der Waals surface area contributed by atoms with E-state index in [4.69, 9.17) is 5.73 Å². The zero-order valence-corrected chi connectivity index (χ0v) is 22.2. The number of rotatable bonds is 12. The minimum Gasteiger partial charge on any atom is -0.480 e. The number of nitrogens with one attached hydrogen (secondary N) is 3. The number of hydrogen-bond acceptors (Lipinski definition) is 7. The highest BCUT2D eigenvalue weighted by atomic mass is 16.4. The third-order valence-corrected chi connectivity index (χ3v) is 6.53. The first-order valence-electron chi connectivity index (χ1n) is 12.7. The van der Waals surface area contributed by atoms with Crippen LogP contribution in [-0.2, 0) is 30.4 Å². The summed E-state index contributed by atoms with van der Waals surface area (Å²) >= 11 is 0. The second-order valence-electron chi connectivity index (χ2n) is 10.0. The molecule has 0 unspecified atom stereocenters. The molecule has 38 heavy (non-hydrogen) atoms. The zero-order valence-electron chi connectivity index (χ0n) is 22.2. The maximum atomic E-state index is 13.2. The molecule has 7 N–H and O–H groups in total. The maximum Gasteiger partial charge on any atom is 0.326 e. The monoisotopic (exact) mass is 533 g/mol. The van der Waals surface area contributed by atoms with Gasteiger partial charge in [0.2, 0.25) is 23.6 Å². The Kier molecular flexibility index (Phi) is 11.2. The summed E-state index contributed by atoms with van der Waals surface area (Å²) in [6.45, 7) is 6.53. The van der Waals surface area contributed by atoms with Crippen LogP contribution < -0.4 is 21.7 Å². The topological polar surface area (TPSA) is 191 Å². The molecule has 2 rings (SSSR count). The average Bonchev–Trinajstić information content (AvgIpc) is 3.36. The van der Waals surface area contributed by atoms with Gasteiger partial charge in [-0.1, -0.05) is 44.2 Å². The van der Waals surface area contributed by atoms with Crippen LogP contribution in [0.3, 0.4) is 0 Å². The van der Waals surface area contributed by atoms with Gasteiger partial charge in [-0.15, -0.1) is 0 Å². The number of hydrogen-bond donors (Lipinski definition) is 6. The van der Waals surface area contributed by atoms with Gasteiger partial charge in [0.15, 0.2) is 0 Å². The fourth-order valence-electron chi connectivity index (χ4n) is 4.24. The quantitative estimate of drug-likeness (QED) is 0.200. The summed E-state index contributed by atoms with van der Waals surface area (Å²) in [6.07, 6.45) is -0.116. The smallest absolute Gasteiger partial charge is 0.326 e. The molecule has 0 radical (unpaired) electrons. The van der Waals surface area contributed by atoms with Gasteiger partial charge in [0.05, 0.1) is 6.10 Å². The molecule has 12 heteroatoms. The predicted molar refractivity (Wildman–Crippen MR) is 138 cm³/mol. The number of amides is 4. The molecule has 1 aliphatic rings. The van der Waals surface area contributed by atoms with Crippen molar-refractivity contribution in [3.05, 3.63) is 35.9 Å². The molecular weight excluding hydrogens is 494 g/mol. The molecule has 1 fully saturated rings. The third-order valence-electron chi connectivity index (χ3n) is 6.53. The van der Waals surface area contributed by atoms with Crippen molar-refractivity contribution >= 4 is 29.6 Å². The van der Waals surface area contributed by atoms with Gasteiger partial charge in [-0.2, -0.15) is 0 Å². The summed E-state index contributed by atoms with van der Waals surface area (Å²) in [7, 11) is 0. The summed E-state index contributed by atoms with van der Waals surface area (Å²) < 4.78 is 0. The number of aliphatic hydroxyl groups is 1. The Morgan fingerprint density at radius 2 is 1.63 bits per heavy atom. The molecule has 1 saturated heterocycles. The van der Waals surface area contributed by atoms with Crippen LogP contribution in [0.2, 0.25) is 0 Å². The molecule has 1 aliphatic heterocycles. The Morgan fingerprint density at radius 1 is 1.00 bits per heavy atom. The Morgan fingerprint density at radius 3 is 2.18 bits per heavy atom. The molecule has 4 amide bonds. The van der Waals surface area contributed by atoms with E-state index in [2.05, 4.69) is 16.0 Å². The van der Waals surface area contributed by atoms with Crippen LogP contribution in [0.5, 0.6) is 0 Å². The lowest BCUT2D eigenvalue weighted by atomic mass is 10.0. The minimum absolute atomic E-state index is 0.0933. The Labute approximate surface area is 222 Å². The molecule has 12 nitrogen and oxygen atoms in total. The van der Waals surface area contributed by atoms with Crippen molar-refractivity contribution in [2.24, 2.45) is 11.7 Å². The summed E-state index contributed by atoms with van der Waals surface area (Å²) in [6, 6.07) is 3.62. The van der Waals surface area contributed by atoms with Gasteiger partial charge in [-0.05, 0) is 38.2 Å². The Bertz CT molecular complexity index is 1000. The van der Waals surface area contributed by atoms with Crippen molar-refractivity contribution in [2.45, 2.75) is 83.3 Å². The first-order valence-corrected chi connectivity index (χ1v) is 12.7. The van der Waals surface area contributed by atoms with E-state index in [1.165, 1.54) is 18.7 Å². The fraction of sp³-hybridized carbons (Fsp3) is 0.577. The van der Waals surface area contributed by atoms with Gasteiger partial charge in [0.25, 0.3) is 0 Å². The van der Waals surface area contributed by atoms with Gasteiger partial charge in [-0.3, -0.25) is 19.2 Å². The van der Waals surface area contributed by atoms with Crippen molar-refractivity contribution in [1.82, 2.24) is 20.9 Å². The number of nitrogens with zero attached hydrogens (tertiary/aromatic N) is 1. The molecule has 210 valence electrons. The number of nitrogens with two attached hydrogens (primary N) is 1. The lowest BCUT2D eigenvalue weighted by Gasteiger charge is -2.30. The van der Waals surface area contributed by atoms with Gasteiger partial charge < -0.3 is 36.8 Å². The molecular formula is C26H39N5O7. The van der Waals surface area contributed by atoms with Crippen LogP contribution in [0.1, 0.15) is 46.1 Å². The second kappa shape index (κ2) is 13.9. The van der Waals surface area contributed by atoms with E-state index in [9.17, 15) is 34.2 Å². The third kappa shape index (κ3) is 8.25. The largest absolute Gasteiger partial charge is 0.480 e. The van der Waals surface area contributed by atoms with Gasteiger partial charge >= 0.3 is 5.97 Å². The lowest BCUT2D eigenvalue weighted by Crippen LogP contribution is -2.59. The van der Waals surface area contributed by atoms with E-state index in [-0.39, 0.29) is 18.9 Å². The number of aliphatic hydroxyl groups excluding tert-OH is 1. The van der Waals surface area contributed by atoms with Gasteiger partial charge in [0, 0.05) is 13.0 Å². The van der Waals surface area contributed by atoms with E-state index in [0.29, 0.717) is 12.8 Å². The number of carboxylic acids is 1. The SMILES string of the molecule is CC(C)[C@H](NC(=O)[C@@H](N)[C@@H](C)O)C(=O)N[C@@H](C)C(=O)N1CCC[C@H]1C(=O)N[C@@H](Cc1ccccc1)C(=O)O. The van der Waals surface area contributed by atoms with Crippen molar-refractivity contribution in [1.29, 1.82) is 0 Å². The minimum atomic E-state index is -1.22. The highest BCUT2D eigenvalue weighted by molar-refractivity contribution is 5.95. The number of carbonyl (C=O) groups is 5. The molecule has 1 aromatic rings. The Hall–Kier alpha value is -3.51. The summed E-state index contributed by atoms with van der Waals surface area (Å²) in [5.74, 6) is -3.91. The summed E-state index contributed by atoms with van der Waals surface area (Å²) in [5, 5.41) is 26.8. The normalized spacial score (nSPS) is 19.1. The highest BCUT2D eigenvalue weighted by Crippen LogP contribution is 2.19. The first-order chi connectivity index (χ1) is 17.8. The van der Waals surface area contributed by atoms with Crippen LogP contribution in [0.25, 0.3) is 0 Å². The van der Waals surface area contributed by atoms with Crippen molar-refractivity contribution in [2.75, 3.05) is 6.54 Å². The molecule has 0 aromatic heterocycles. The zero-order chi connectivity index (χ0) is 28.6. The van der Waals surface area contributed by atoms with Crippen molar-refractivity contribution in [3.8, 4) is 0 Å². The van der Waals surface area contributed by atoms with E-state index in [1.807, 2.05) is 6.07 Å². The first kappa shape index (κ1) is 30.7. The summed E-state index contributed by atoms with van der Waals surface area (Å²) in [5.41, 5.74) is 6.40. The van der Waals surface area contributed by atoms with Crippen LogP contribution in [0, 0.1) is 5.92 Å². The van der Waals surface area contributed by atoms with Crippen molar-refractivity contribution < 1.29 is 34.2 Å². The summed E-state index contributed by atoms with van der Waals surface area (Å²) in [4.78, 5) is 64.5. The number of carbonyl (C=O) groups excluding carboxylic acids is 4. The van der Waals surface area contributed by atoms with E-state index in [0.717, 1.165) is 5.56 Å². The van der Waals surface area contributed by atoms with Crippen LogP contribution in [-0.4, -0.2) is 87.6 Å². The molecule has 0 aliphatic carbocycles. The van der Waals surface area contributed by atoms with E-state index >= 15 is 0 Å². The maximum absolute atomic E-state index is 13.2. The number of likely N-dealkylation sites (tertiary alicyclic amines) is 1. The molecule has 0 bridgehead atoms.